The largest absolute Gasteiger partial charge is 0.494 e. The number of H-pyrrole nitrogens is 1. The molecule has 2 aliphatic heterocycles. The zero-order valence-corrected chi connectivity index (χ0v) is 23.3. The van der Waals surface area contributed by atoms with Crippen LogP contribution in [0.15, 0.2) is 77.4 Å². The van der Waals surface area contributed by atoms with Gasteiger partial charge < -0.3 is 20.3 Å². The first-order valence-electron chi connectivity index (χ1n) is 14.2. The van der Waals surface area contributed by atoms with Gasteiger partial charge in [0.05, 0.1) is 21.9 Å². The summed E-state index contributed by atoms with van der Waals surface area (Å²) in [6, 6.07) is 18.9. The van der Waals surface area contributed by atoms with Crippen molar-refractivity contribution in [2.24, 2.45) is 4.99 Å². The molecule has 3 amide bonds. The minimum Gasteiger partial charge on any atom is -0.494 e. The summed E-state index contributed by atoms with van der Waals surface area (Å²) < 4.78 is 0. The highest BCUT2D eigenvalue weighted by atomic mass is 16.6. The van der Waals surface area contributed by atoms with Crippen LogP contribution in [0.2, 0.25) is 0 Å². The number of aromatic nitrogens is 1. The van der Waals surface area contributed by atoms with Crippen molar-refractivity contribution in [2.75, 3.05) is 19.6 Å². The molecule has 11 heteroatoms. The maximum atomic E-state index is 11.9. The Kier molecular flexibility index (Phi) is 7.71. The van der Waals surface area contributed by atoms with E-state index in [0.717, 1.165) is 31.6 Å². The predicted octanol–water partition coefficient (Wildman–Crippen LogP) is 5.16. The van der Waals surface area contributed by atoms with Gasteiger partial charge in [-0.3, -0.25) is 20.2 Å². The summed E-state index contributed by atoms with van der Waals surface area (Å²) in [5.41, 5.74) is 4.56. The fourth-order valence-electron chi connectivity index (χ4n) is 5.51. The molecule has 3 aromatic carbocycles. The number of rotatable bonds is 8. The van der Waals surface area contributed by atoms with Crippen LogP contribution < -0.4 is 10.6 Å². The van der Waals surface area contributed by atoms with E-state index >= 15 is 0 Å². The van der Waals surface area contributed by atoms with E-state index in [4.69, 9.17) is 4.99 Å². The molecule has 4 N–H and O–H groups in total. The maximum Gasteiger partial charge on any atom is 0.326 e. The van der Waals surface area contributed by atoms with Crippen LogP contribution in [0.5, 0.6) is 5.88 Å². The highest BCUT2D eigenvalue weighted by molar-refractivity contribution is 6.22. The number of fused-ring (bicyclic) bond motifs is 1. The number of benzene rings is 3. The lowest BCUT2D eigenvalue weighted by atomic mass is 9.98. The monoisotopic (exact) mass is 578 g/mol. The average molecular weight is 579 g/mol. The average Bonchev–Trinajstić information content (AvgIpc) is 3.51. The number of aliphatic imine (C=N–C) groups is 1. The normalized spacial score (nSPS) is 16.9. The van der Waals surface area contributed by atoms with Crippen LogP contribution in [0.1, 0.15) is 41.5 Å². The lowest BCUT2D eigenvalue weighted by molar-refractivity contribution is -0.384. The number of hydrogen-bond acceptors (Lipinski definition) is 7. The standard InChI is InChI=1S/C32H30N6O5/c39-30-27(35-32(41)36-30)18-21-6-10-23(11-7-21)33-29(28-25-19-24(38(42)43)12-13-26(25)34-31(28)40)22-8-4-20(5-9-22)14-17-37-15-2-1-3-16-37/h4-13,18-19,34,40H,1-3,14-17H2,(H2,35,36,39,41). The second-order valence-electron chi connectivity index (χ2n) is 10.7. The third kappa shape index (κ3) is 6.16. The number of piperidine rings is 1. The summed E-state index contributed by atoms with van der Waals surface area (Å²) in [6.45, 7) is 3.28. The maximum absolute atomic E-state index is 11.9. The molecule has 0 aliphatic carbocycles. The predicted molar refractivity (Wildman–Crippen MR) is 163 cm³/mol. The highest BCUT2D eigenvalue weighted by Gasteiger charge is 2.23. The fraction of sp³-hybridized carbons (Fsp3) is 0.219. The van der Waals surface area contributed by atoms with E-state index in [2.05, 4.69) is 32.7 Å². The van der Waals surface area contributed by atoms with Gasteiger partial charge in [-0.2, -0.15) is 0 Å². The summed E-state index contributed by atoms with van der Waals surface area (Å²) in [4.78, 5) is 44.7. The first-order chi connectivity index (χ1) is 20.8. The summed E-state index contributed by atoms with van der Waals surface area (Å²) in [5, 5.41) is 27.7. The summed E-state index contributed by atoms with van der Waals surface area (Å²) in [5.74, 6) is -0.648. The molecule has 4 aromatic rings. The number of nitro groups is 1. The third-order valence-corrected chi connectivity index (χ3v) is 7.77. The van der Waals surface area contributed by atoms with Crippen LogP contribution >= 0.6 is 0 Å². The Balaban J connectivity index is 1.36. The lowest BCUT2D eigenvalue weighted by Crippen LogP contribution is -2.31. The smallest absolute Gasteiger partial charge is 0.326 e. The number of carbonyl (C=O) groups excluding carboxylic acids is 2. The van der Waals surface area contributed by atoms with Gasteiger partial charge in [0.2, 0.25) is 0 Å². The molecular weight excluding hydrogens is 548 g/mol. The van der Waals surface area contributed by atoms with Crippen molar-refractivity contribution < 1.29 is 19.6 Å². The second kappa shape index (κ2) is 11.9. The molecule has 218 valence electrons. The molecule has 2 aliphatic rings. The first-order valence-corrected chi connectivity index (χ1v) is 14.2. The van der Waals surface area contributed by atoms with Crippen molar-refractivity contribution in [1.82, 2.24) is 20.5 Å². The number of aromatic hydroxyl groups is 1. The quantitative estimate of drug-likeness (QED) is 0.0745. The number of nitrogens with zero attached hydrogens (tertiary/aromatic N) is 3. The molecule has 0 radical (unpaired) electrons. The number of nitrogens with one attached hydrogen (secondary N) is 3. The van der Waals surface area contributed by atoms with Crippen LogP contribution in [0, 0.1) is 10.1 Å². The van der Waals surface area contributed by atoms with Crippen molar-refractivity contribution >= 4 is 46.0 Å². The van der Waals surface area contributed by atoms with Crippen molar-refractivity contribution in [1.29, 1.82) is 0 Å². The van der Waals surface area contributed by atoms with E-state index in [-0.39, 0.29) is 17.3 Å². The topological polar surface area (TPSA) is 153 Å². The number of aromatic amines is 1. The molecule has 0 spiro atoms. The first kappa shape index (κ1) is 27.9. The SMILES string of the molecule is O=C1NC(=O)C(=Cc2ccc(N=C(c3ccc(CCN4CCCCC4)cc3)c3c(O)[nH]c4ccc([N+](=O)[O-])cc34)cc2)N1. The number of imide groups is 1. The number of likely N-dealkylation sites (tertiary alicyclic amines) is 1. The van der Waals surface area contributed by atoms with Gasteiger partial charge in [0.15, 0.2) is 5.88 Å². The molecule has 0 bridgehead atoms. The van der Waals surface area contributed by atoms with Crippen molar-refractivity contribution in [3.63, 3.8) is 0 Å². The zero-order chi connectivity index (χ0) is 29.9. The molecule has 2 saturated heterocycles. The number of carbonyl (C=O) groups is 2. The van der Waals surface area contributed by atoms with E-state index in [0.29, 0.717) is 33.4 Å². The van der Waals surface area contributed by atoms with E-state index in [1.807, 2.05) is 12.1 Å². The molecule has 43 heavy (non-hydrogen) atoms. The van der Waals surface area contributed by atoms with Gasteiger partial charge in [-0.05, 0) is 67.8 Å². The number of amides is 3. The summed E-state index contributed by atoms with van der Waals surface area (Å²) in [6.07, 6.45) is 6.27. The summed E-state index contributed by atoms with van der Waals surface area (Å²) >= 11 is 0. The number of hydrogen-bond donors (Lipinski definition) is 4. The molecule has 3 heterocycles. The minimum absolute atomic E-state index is 0.0967. The van der Waals surface area contributed by atoms with Gasteiger partial charge in [0.1, 0.15) is 5.70 Å². The molecule has 0 atom stereocenters. The zero-order valence-electron chi connectivity index (χ0n) is 23.3. The lowest BCUT2D eigenvalue weighted by Gasteiger charge is -2.26. The van der Waals surface area contributed by atoms with Crippen LogP contribution in [0.4, 0.5) is 16.2 Å². The van der Waals surface area contributed by atoms with Crippen LogP contribution in [-0.4, -0.2) is 57.2 Å². The van der Waals surface area contributed by atoms with Crippen molar-refractivity contribution in [2.45, 2.75) is 25.7 Å². The van der Waals surface area contributed by atoms with E-state index in [1.54, 1.807) is 36.4 Å². The number of non-ortho nitro benzene ring substituents is 1. The van der Waals surface area contributed by atoms with Crippen molar-refractivity contribution in [3.8, 4) is 5.88 Å². The van der Waals surface area contributed by atoms with Crippen molar-refractivity contribution in [3.05, 3.63) is 105 Å². The fourth-order valence-corrected chi connectivity index (χ4v) is 5.51. The molecule has 0 unspecified atom stereocenters. The van der Waals surface area contributed by atoms with Gasteiger partial charge in [-0.1, -0.05) is 42.8 Å². The second-order valence-corrected chi connectivity index (χ2v) is 10.7. The molecule has 6 rings (SSSR count). The van der Waals surface area contributed by atoms with Gasteiger partial charge >= 0.3 is 6.03 Å². The Labute approximate surface area is 247 Å². The molecular formula is C32H30N6O5. The Morgan fingerprint density at radius 1 is 0.977 bits per heavy atom. The van der Waals surface area contributed by atoms with Gasteiger partial charge in [0.25, 0.3) is 11.6 Å². The number of urea groups is 1. The minimum atomic E-state index is -0.571. The van der Waals surface area contributed by atoms with Gasteiger partial charge in [-0.15, -0.1) is 0 Å². The van der Waals surface area contributed by atoms with Crippen LogP contribution in [0.25, 0.3) is 17.0 Å². The van der Waals surface area contributed by atoms with E-state index < -0.39 is 16.9 Å². The third-order valence-electron chi connectivity index (χ3n) is 7.77. The van der Waals surface area contributed by atoms with Crippen LogP contribution in [-0.2, 0) is 11.2 Å². The Morgan fingerprint density at radius 3 is 2.40 bits per heavy atom. The number of nitro benzene ring substituents is 1. The van der Waals surface area contributed by atoms with E-state index in [9.17, 15) is 24.8 Å². The molecule has 0 saturated carbocycles. The Hall–Kier alpha value is -5.29. The van der Waals surface area contributed by atoms with Gasteiger partial charge in [0, 0.05) is 35.1 Å². The van der Waals surface area contributed by atoms with Crippen LogP contribution in [0.3, 0.4) is 0 Å². The molecule has 11 nitrogen and oxygen atoms in total. The summed E-state index contributed by atoms with van der Waals surface area (Å²) in [7, 11) is 0. The van der Waals surface area contributed by atoms with E-state index in [1.165, 1.54) is 37.0 Å². The Bertz CT molecular complexity index is 1770. The molecule has 2 fully saturated rings. The highest BCUT2D eigenvalue weighted by Crippen LogP contribution is 2.34. The van der Waals surface area contributed by atoms with Gasteiger partial charge in [-0.25, -0.2) is 9.79 Å². The molecule has 1 aromatic heterocycles. The Morgan fingerprint density at radius 2 is 1.72 bits per heavy atom.